The minimum Gasteiger partial charge on any atom is -0.493 e. The van der Waals surface area contributed by atoms with E-state index in [0.717, 1.165) is 5.56 Å². The number of amides is 3. The van der Waals surface area contributed by atoms with E-state index in [0.29, 0.717) is 40.9 Å². The van der Waals surface area contributed by atoms with E-state index in [1.165, 1.54) is 11.0 Å². The van der Waals surface area contributed by atoms with E-state index in [2.05, 4.69) is 10.6 Å². The zero-order chi connectivity index (χ0) is 26.2. The summed E-state index contributed by atoms with van der Waals surface area (Å²) in [5, 5.41) is 5.54. The second-order valence-electron chi connectivity index (χ2n) is 8.03. The van der Waals surface area contributed by atoms with E-state index in [1.54, 1.807) is 67.8 Å². The molecule has 1 heterocycles. The summed E-state index contributed by atoms with van der Waals surface area (Å²) < 4.78 is 16.4. The number of carbonyl (C=O) groups excluding carboxylic acids is 3. The highest BCUT2D eigenvalue weighted by Gasteiger charge is 2.28. The highest BCUT2D eigenvalue weighted by Crippen LogP contribution is 2.34. The molecule has 1 aliphatic rings. The molecule has 0 spiro atoms. The van der Waals surface area contributed by atoms with E-state index in [9.17, 15) is 14.4 Å². The maximum absolute atomic E-state index is 12.6. The van der Waals surface area contributed by atoms with Gasteiger partial charge in [0.05, 0.1) is 19.4 Å². The molecule has 3 aromatic rings. The van der Waals surface area contributed by atoms with Crippen molar-refractivity contribution in [1.82, 2.24) is 0 Å². The normalized spacial score (nSPS) is 12.5. The van der Waals surface area contributed by atoms with Crippen LogP contribution in [-0.4, -0.2) is 44.6 Å². The zero-order valence-electron chi connectivity index (χ0n) is 20.5. The van der Waals surface area contributed by atoms with Gasteiger partial charge in [0.25, 0.3) is 5.91 Å². The molecule has 9 nitrogen and oxygen atoms in total. The van der Waals surface area contributed by atoms with Gasteiger partial charge >= 0.3 is 0 Å². The molecule has 0 saturated carbocycles. The van der Waals surface area contributed by atoms with E-state index < -0.39 is 0 Å². The Hall–Kier alpha value is -4.79. The van der Waals surface area contributed by atoms with E-state index in [-0.39, 0.29) is 30.9 Å². The van der Waals surface area contributed by atoms with Gasteiger partial charge in [-0.25, -0.2) is 0 Å². The lowest BCUT2D eigenvalue weighted by molar-refractivity contribution is -0.123. The number of hydrogen-bond acceptors (Lipinski definition) is 6. The third-order valence-electron chi connectivity index (χ3n) is 5.44. The number of nitrogens with one attached hydrogen (secondary N) is 2. The number of benzene rings is 3. The lowest BCUT2D eigenvalue weighted by atomic mass is 10.1. The number of para-hydroxylation sites is 1. The summed E-state index contributed by atoms with van der Waals surface area (Å²) >= 11 is 0. The molecule has 0 aliphatic carbocycles. The Morgan fingerprint density at radius 1 is 1.00 bits per heavy atom. The monoisotopic (exact) mass is 501 g/mol. The van der Waals surface area contributed by atoms with Gasteiger partial charge < -0.3 is 24.8 Å². The van der Waals surface area contributed by atoms with Crippen LogP contribution in [0.3, 0.4) is 0 Å². The number of ether oxygens (including phenoxy) is 3. The molecule has 0 atom stereocenters. The van der Waals surface area contributed by atoms with Crippen molar-refractivity contribution in [1.29, 1.82) is 0 Å². The molecule has 0 fully saturated rings. The van der Waals surface area contributed by atoms with Crippen LogP contribution in [0, 0.1) is 0 Å². The van der Waals surface area contributed by atoms with Crippen LogP contribution < -0.4 is 29.7 Å². The number of rotatable bonds is 9. The Balaban J connectivity index is 1.45. The lowest BCUT2D eigenvalue weighted by Gasteiger charge is -2.29. The van der Waals surface area contributed by atoms with Crippen LogP contribution in [0.1, 0.15) is 12.5 Å². The number of anilines is 3. The molecule has 0 unspecified atom stereocenters. The zero-order valence-corrected chi connectivity index (χ0v) is 20.5. The Morgan fingerprint density at radius 3 is 2.57 bits per heavy atom. The first kappa shape index (κ1) is 25.3. The van der Waals surface area contributed by atoms with Crippen molar-refractivity contribution in [3.8, 4) is 17.2 Å². The number of carbonyl (C=O) groups is 3. The minimum atomic E-state index is -0.371. The standard InChI is InChI=1S/C28H27N3O6/c1-3-36-24-12-9-19(15-25(24)35-2)10-14-26(32)30-21-11-13-23-22(16-21)31(28(34)18-37-23)17-27(33)29-20-7-5-4-6-8-20/h4-16H,3,17-18H2,1-2H3,(H,29,33)(H,30,32)/b14-10+. The number of nitrogens with zero attached hydrogens (tertiary/aromatic N) is 1. The van der Waals surface area contributed by atoms with Crippen LogP contribution >= 0.6 is 0 Å². The van der Waals surface area contributed by atoms with Crippen molar-refractivity contribution >= 4 is 40.9 Å². The smallest absolute Gasteiger partial charge is 0.265 e. The van der Waals surface area contributed by atoms with Crippen molar-refractivity contribution in [2.24, 2.45) is 0 Å². The quantitative estimate of drug-likeness (QED) is 0.428. The fourth-order valence-corrected chi connectivity index (χ4v) is 3.74. The van der Waals surface area contributed by atoms with Crippen LogP contribution in [0.2, 0.25) is 0 Å². The Kier molecular flexibility index (Phi) is 8.05. The van der Waals surface area contributed by atoms with Crippen LogP contribution in [-0.2, 0) is 14.4 Å². The summed E-state index contributed by atoms with van der Waals surface area (Å²) in [5.74, 6) is 0.560. The van der Waals surface area contributed by atoms with E-state index >= 15 is 0 Å². The number of hydrogen-bond donors (Lipinski definition) is 2. The Morgan fingerprint density at radius 2 is 1.81 bits per heavy atom. The first-order valence-corrected chi connectivity index (χ1v) is 11.7. The Labute approximate surface area is 214 Å². The van der Waals surface area contributed by atoms with Crippen molar-refractivity contribution in [2.45, 2.75) is 6.92 Å². The molecule has 2 N–H and O–H groups in total. The predicted molar refractivity (Wildman–Crippen MR) is 141 cm³/mol. The van der Waals surface area contributed by atoms with Gasteiger partial charge in [0.2, 0.25) is 11.8 Å². The third kappa shape index (κ3) is 6.46. The fraction of sp³-hybridized carbons (Fsp3) is 0.179. The molecule has 3 aromatic carbocycles. The van der Waals surface area contributed by atoms with Crippen molar-refractivity contribution in [3.63, 3.8) is 0 Å². The fourth-order valence-electron chi connectivity index (χ4n) is 3.74. The highest BCUT2D eigenvalue weighted by molar-refractivity contribution is 6.06. The summed E-state index contributed by atoms with van der Waals surface area (Å²) in [6, 6.07) is 19.3. The van der Waals surface area contributed by atoms with Gasteiger partial charge in [0.1, 0.15) is 12.3 Å². The van der Waals surface area contributed by atoms with Gasteiger partial charge in [-0.15, -0.1) is 0 Å². The highest BCUT2D eigenvalue weighted by atomic mass is 16.5. The van der Waals surface area contributed by atoms with Crippen molar-refractivity contribution in [2.75, 3.05) is 42.4 Å². The van der Waals surface area contributed by atoms with E-state index in [4.69, 9.17) is 14.2 Å². The van der Waals surface area contributed by atoms with Crippen LogP contribution in [0.5, 0.6) is 17.2 Å². The van der Waals surface area contributed by atoms with Gasteiger partial charge in [0.15, 0.2) is 18.1 Å². The largest absolute Gasteiger partial charge is 0.493 e. The summed E-state index contributed by atoms with van der Waals surface area (Å²) in [6.07, 6.45) is 3.04. The van der Waals surface area contributed by atoms with E-state index in [1.807, 2.05) is 19.1 Å². The lowest BCUT2D eigenvalue weighted by Crippen LogP contribution is -2.43. The molecular formula is C28H27N3O6. The summed E-state index contributed by atoms with van der Waals surface area (Å²) in [6.45, 7) is 2.03. The molecular weight excluding hydrogens is 474 g/mol. The summed E-state index contributed by atoms with van der Waals surface area (Å²) in [4.78, 5) is 39.1. The maximum atomic E-state index is 12.6. The molecule has 37 heavy (non-hydrogen) atoms. The van der Waals surface area contributed by atoms with Crippen LogP contribution in [0.25, 0.3) is 6.08 Å². The molecule has 0 aromatic heterocycles. The molecule has 9 heteroatoms. The first-order chi connectivity index (χ1) is 18.0. The van der Waals surface area contributed by atoms with Crippen molar-refractivity contribution < 1.29 is 28.6 Å². The average Bonchev–Trinajstić information content (AvgIpc) is 2.90. The third-order valence-corrected chi connectivity index (χ3v) is 5.44. The maximum Gasteiger partial charge on any atom is 0.265 e. The molecule has 1 aliphatic heterocycles. The Bertz CT molecular complexity index is 1320. The summed E-state index contributed by atoms with van der Waals surface area (Å²) in [7, 11) is 1.55. The van der Waals surface area contributed by atoms with Gasteiger partial charge in [-0.1, -0.05) is 24.3 Å². The summed E-state index contributed by atoms with van der Waals surface area (Å²) in [5.41, 5.74) is 2.24. The molecule has 0 bridgehead atoms. The first-order valence-electron chi connectivity index (χ1n) is 11.7. The van der Waals surface area contributed by atoms with Gasteiger partial charge in [-0.05, 0) is 61.0 Å². The van der Waals surface area contributed by atoms with Crippen molar-refractivity contribution in [3.05, 3.63) is 78.4 Å². The van der Waals surface area contributed by atoms with Gasteiger partial charge in [0, 0.05) is 17.5 Å². The molecule has 190 valence electrons. The molecule has 3 amide bonds. The second-order valence-corrected chi connectivity index (χ2v) is 8.03. The SMILES string of the molecule is CCOc1ccc(/C=C/C(=O)Nc2ccc3c(c2)N(CC(=O)Nc2ccccc2)C(=O)CO3)cc1OC. The average molecular weight is 502 g/mol. The molecule has 0 saturated heterocycles. The number of methoxy groups -OCH3 is 1. The molecule has 0 radical (unpaired) electrons. The second kappa shape index (κ2) is 11.8. The minimum absolute atomic E-state index is 0.175. The van der Waals surface area contributed by atoms with Crippen LogP contribution in [0.15, 0.2) is 72.8 Å². The number of fused-ring (bicyclic) bond motifs is 1. The molecule has 4 rings (SSSR count). The topological polar surface area (TPSA) is 106 Å². The predicted octanol–water partition coefficient (Wildman–Crippen LogP) is 4.11. The van der Waals surface area contributed by atoms with Gasteiger partial charge in [-0.2, -0.15) is 0 Å². The van der Waals surface area contributed by atoms with Crippen LogP contribution in [0.4, 0.5) is 17.1 Å². The van der Waals surface area contributed by atoms with Gasteiger partial charge in [-0.3, -0.25) is 19.3 Å².